The van der Waals surface area contributed by atoms with E-state index in [-0.39, 0.29) is 24.5 Å². The topological polar surface area (TPSA) is 85.2 Å². The number of thiophene rings is 2. The van der Waals surface area contributed by atoms with E-state index in [1.54, 1.807) is 19.1 Å². The van der Waals surface area contributed by atoms with E-state index in [9.17, 15) is 22.8 Å². The van der Waals surface area contributed by atoms with E-state index >= 15 is 0 Å². The minimum Gasteiger partial charge on any atom is -0.462 e. The third-order valence-electron chi connectivity index (χ3n) is 6.53. The molecular formula is C24H25F3N4O3S2. The lowest BCUT2D eigenvalue weighted by Crippen LogP contribution is -2.35. The van der Waals surface area contributed by atoms with Gasteiger partial charge in [0, 0.05) is 22.2 Å². The lowest BCUT2D eigenvalue weighted by molar-refractivity contribution is -0.173. The number of amides is 1. The van der Waals surface area contributed by atoms with Crippen LogP contribution < -0.4 is 10.6 Å². The lowest BCUT2D eigenvalue weighted by atomic mass is 9.88. The summed E-state index contributed by atoms with van der Waals surface area (Å²) in [7, 11) is 0. The molecule has 7 nitrogen and oxygen atoms in total. The SMILES string of the molecule is CCOC(=O)c1c(NC(=O)c2cc3n(n2)[C@H](C(F)(F)F)C[C@@H](c2cccs2)N3)sc2c1CC[C@@H](C)C2. The maximum atomic E-state index is 13.9. The third kappa shape index (κ3) is 4.63. The van der Waals surface area contributed by atoms with E-state index in [1.807, 2.05) is 5.38 Å². The van der Waals surface area contributed by atoms with Crippen LogP contribution in [-0.2, 0) is 17.6 Å². The van der Waals surface area contributed by atoms with Crippen molar-refractivity contribution in [3.05, 3.63) is 50.2 Å². The number of aromatic nitrogens is 2. The van der Waals surface area contributed by atoms with Crippen molar-refractivity contribution in [2.45, 2.75) is 57.8 Å². The maximum Gasteiger partial charge on any atom is 0.410 e. The molecule has 3 atom stereocenters. The van der Waals surface area contributed by atoms with Crippen LogP contribution in [0.1, 0.15) is 74.9 Å². The number of halogens is 3. The Labute approximate surface area is 213 Å². The minimum atomic E-state index is -4.54. The number of fused-ring (bicyclic) bond motifs is 2. The van der Waals surface area contributed by atoms with Gasteiger partial charge in [-0.1, -0.05) is 13.0 Å². The quantitative estimate of drug-likeness (QED) is 0.377. The Morgan fingerprint density at radius 3 is 2.86 bits per heavy atom. The average molecular weight is 539 g/mol. The molecule has 0 fully saturated rings. The molecule has 0 spiro atoms. The highest BCUT2D eigenvalue weighted by Gasteiger charge is 2.47. The minimum absolute atomic E-state index is 0.122. The van der Waals surface area contributed by atoms with Crippen molar-refractivity contribution in [3.63, 3.8) is 0 Å². The molecule has 12 heteroatoms. The molecule has 0 radical (unpaired) electrons. The number of hydrogen-bond acceptors (Lipinski definition) is 7. The van der Waals surface area contributed by atoms with Gasteiger partial charge < -0.3 is 15.4 Å². The van der Waals surface area contributed by atoms with Gasteiger partial charge in [0.1, 0.15) is 10.8 Å². The van der Waals surface area contributed by atoms with E-state index in [2.05, 4.69) is 22.7 Å². The van der Waals surface area contributed by atoms with Crippen LogP contribution in [0.5, 0.6) is 0 Å². The van der Waals surface area contributed by atoms with Gasteiger partial charge in [0.2, 0.25) is 0 Å². The maximum absolute atomic E-state index is 13.9. The molecule has 3 aromatic heterocycles. The Morgan fingerprint density at radius 2 is 2.17 bits per heavy atom. The van der Waals surface area contributed by atoms with Crippen molar-refractivity contribution in [1.29, 1.82) is 0 Å². The molecule has 0 saturated heterocycles. The fraction of sp³-hybridized carbons (Fsp3) is 0.458. The summed E-state index contributed by atoms with van der Waals surface area (Å²) >= 11 is 2.69. The Kier molecular flexibility index (Phi) is 6.58. The molecule has 3 aromatic rings. The molecular weight excluding hydrogens is 513 g/mol. The summed E-state index contributed by atoms with van der Waals surface area (Å²) in [5.41, 5.74) is 1.06. The van der Waals surface area contributed by atoms with Gasteiger partial charge >= 0.3 is 12.1 Å². The highest BCUT2D eigenvalue weighted by Crippen LogP contribution is 2.45. The predicted octanol–water partition coefficient (Wildman–Crippen LogP) is 6.22. The number of esters is 1. The first-order chi connectivity index (χ1) is 17.2. The molecule has 0 aromatic carbocycles. The molecule has 1 aliphatic heterocycles. The van der Waals surface area contributed by atoms with Crippen molar-refractivity contribution in [2.24, 2.45) is 5.92 Å². The first-order valence-electron chi connectivity index (χ1n) is 11.7. The number of hydrogen-bond donors (Lipinski definition) is 2. The first kappa shape index (κ1) is 24.8. The van der Waals surface area contributed by atoms with E-state index in [4.69, 9.17) is 4.74 Å². The molecule has 0 unspecified atom stereocenters. The van der Waals surface area contributed by atoms with Gasteiger partial charge in [0.25, 0.3) is 5.91 Å². The van der Waals surface area contributed by atoms with E-state index < -0.39 is 30.1 Å². The lowest BCUT2D eigenvalue weighted by Gasteiger charge is -2.32. The summed E-state index contributed by atoms with van der Waals surface area (Å²) in [6.07, 6.45) is -2.35. The summed E-state index contributed by atoms with van der Waals surface area (Å²) in [5.74, 6) is -0.612. The Bertz CT molecular complexity index is 1280. The number of alkyl halides is 3. The van der Waals surface area contributed by atoms with E-state index in [0.29, 0.717) is 22.9 Å². The number of nitrogens with zero attached hydrogens (tertiary/aromatic N) is 2. The largest absolute Gasteiger partial charge is 0.462 e. The molecule has 2 N–H and O–H groups in total. The standard InChI is InChI=1S/C24H25F3N4O3S2/c1-3-34-23(33)20-13-7-6-12(2)9-17(13)36-22(20)29-21(32)15-11-19-28-14(16-5-4-8-35-16)10-18(24(25,26)27)31(19)30-15/h4-5,8,11-12,14,18,28H,3,6-7,9-10H2,1-2H3,(H,29,32)/t12-,14+,18+/m1/s1. The van der Waals surface area contributed by atoms with Gasteiger partial charge in [-0.15, -0.1) is 22.7 Å². The molecule has 2 aliphatic rings. The van der Waals surface area contributed by atoms with Crippen molar-refractivity contribution in [2.75, 3.05) is 17.2 Å². The van der Waals surface area contributed by atoms with Crippen LogP contribution in [0.25, 0.3) is 0 Å². The zero-order valence-electron chi connectivity index (χ0n) is 19.6. The van der Waals surface area contributed by atoms with E-state index in [0.717, 1.165) is 32.8 Å². The highest BCUT2D eigenvalue weighted by atomic mass is 32.1. The smallest absolute Gasteiger partial charge is 0.410 e. The Balaban J connectivity index is 1.46. The zero-order chi connectivity index (χ0) is 25.6. The average Bonchev–Trinajstić information content (AvgIpc) is 3.55. The normalized spacial score (nSPS) is 21.3. The molecule has 5 rings (SSSR count). The molecule has 0 saturated carbocycles. The van der Waals surface area contributed by atoms with Gasteiger partial charge in [-0.2, -0.15) is 18.3 Å². The monoisotopic (exact) mass is 538 g/mol. The number of ether oxygens (including phenoxy) is 1. The number of carbonyl (C=O) groups excluding carboxylic acids is 2. The number of nitrogens with one attached hydrogen (secondary N) is 2. The van der Waals surface area contributed by atoms with Gasteiger partial charge in [-0.25, -0.2) is 9.48 Å². The highest BCUT2D eigenvalue weighted by molar-refractivity contribution is 7.17. The molecule has 4 heterocycles. The molecule has 36 heavy (non-hydrogen) atoms. The van der Waals surface area contributed by atoms with Gasteiger partial charge in [-0.05, 0) is 49.1 Å². The fourth-order valence-electron chi connectivity index (χ4n) is 4.79. The zero-order valence-corrected chi connectivity index (χ0v) is 21.3. The van der Waals surface area contributed by atoms with Crippen LogP contribution in [-0.4, -0.2) is 34.4 Å². The number of rotatable bonds is 5. The molecule has 1 aliphatic carbocycles. The predicted molar refractivity (Wildman–Crippen MR) is 132 cm³/mol. The van der Waals surface area contributed by atoms with Crippen LogP contribution >= 0.6 is 22.7 Å². The molecule has 0 bridgehead atoms. The summed E-state index contributed by atoms with van der Waals surface area (Å²) in [5, 5.41) is 12.0. The first-order valence-corrected chi connectivity index (χ1v) is 13.4. The van der Waals surface area contributed by atoms with Gasteiger partial charge in [0.05, 0.1) is 18.2 Å². The number of carbonyl (C=O) groups is 2. The van der Waals surface area contributed by atoms with Gasteiger partial charge in [0.15, 0.2) is 11.7 Å². The number of anilines is 2. The van der Waals surface area contributed by atoms with Crippen molar-refractivity contribution in [3.8, 4) is 0 Å². The Morgan fingerprint density at radius 1 is 1.36 bits per heavy atom. The van der Waals surface area contributed by atoms with Crippen LogP contribution in [0.15, 0.2) is 23.6 Å². The summed E-state index contributed by atoms with van der Waals surface area (Å²) in [6.45, 7) is 4.03. The molecule has 1 amide bonds. The Hall–Kier alpha value is -2.86. The van der Waals surface area contributed by atoms with E-state index in [1.165, 1.54) is 28.7 Å². The van der Waals surface area contributed by atoms with Crippen molar-refractivity contribution < 1.29 is 27.5 Å². The second-order valence-corrected chi connectivity index (χ2v) is 11.2. The van der Waals surface area contributed by atoms with Crippen LogP contribution in [0.2, 0.25) is 0 Å². The second kappa shape index (κ2) is 9.55. The van der Waals surface area contributed by atoms with Crippen molar-refractivity contribution >= 4 is 45.4 Å². The third-order valence-corrected chi connectivity index (χ3v) is 8.68. The van der Waals surface area contributed by atoms with Crippen LogP contribution in [0.3, 0.4) is 0 Å². The summed E-state index contributed by atoms with van der Waals surface area (Å²) < 4.78 is 47.9. The summed E-state index contributed by atoms with van der Waals surface area (Å²) in [4.78, 5) is 27.7. The fourth-order valence-corrected chi connectivity index (χ4v) is 6.97. The molecule has 192 valence electrons. The van der Waals surface area contributed by atoms with Gasteiger partial charge in [-0.3, -0.25) is 4.79 Å². The summed E-state index contributed by atoms with van der Waals surface area (Å²) in [6, 6.07) is 2.49. The van der Waals surface area contributed by atoms with Crippen molar-refractivity contribution in [1.82, 2.24) is 9.78 Å². The second-order valence-electron chi connectivity index (χ2n) is 9.10. The van der Waals surface area contributed by atoms with Crippen LogP contribution in [0.4, 0.5) is 24.0 Å². The van der Waals surface area contributed by atoms with Crippen LogP contribution in [0, 0.1) is 5.92 Å².